The van der Waals surface area contributed by atoms with Gasteiger partial charge in [-0.15, -0.1) is 0 Å². The number of hydrogen-bond acceptors (Lipinski definition) is 5. The summed E-state index contributed by atoms with van der Waals surface area (Å²) in [7, 11) is 2.83. The van der Waals surface area contributed by atoms with E-state index in [0.717, 1.165) is 0 Å². The van der Waals surface area contributed by atoms with Crippen LogP contribution < -0.4 is 9.47 Å². The first kappa shape index (κ1) is 13.9. The van der Waals surface area contributed by atoms with Crippen LogP contribution in [-0.2, 0) is 6.67 Å². The number of carbonyl (C=O) groups is 1. The molecule has 1 N–H and O–H groups in total. The summed E-state index contributed by atoms with van der Waals surface area (Å²) in [6.45, 7) is -0.757. The van der Waals surface area contributed by atoms with E-state index < -0.39 is 12.6 Å². The number of nitrogens with zero attached hydrogens (tertiary/aromatic N) is 1. The lowest BCUT2D eigenvalue weighted by atomic mass is 10.1. The first-order valence-corrected chi connectivity index (χ1v) is 5.62. The van der Waals surface area contributed by atoms with Gasteiger partial charge in [0, 0.05) is 17.2 Å². The minimum absolute atomic E-state index is 0.207. The van der Waals surface area contributed by atoms with Crippen LogP contribution in [0.25, 0.3) is 11.3 Å². The van der Waals surface area contributed by atoms with Gasteiger partial charge in [0.1, 0.15) is 6.67 Å². The monoisotopic (exact) mass is 281 g/mol. The third kappa shape index (κ3) is 2.42. The molecule has 1 aromatic heterocycles. The predicted molar refractivity (Wildman–Crippen MR) is 66.8 cm³/mol. The molecule has 0 aliphatic carbocycles. The van der Waals surface area contributed by atoms with Crippen molar-refractivity contribution in [1.29, 1.82) is 0 Å². The second-order valence-corrected chi connectivity index (χ2v) is 3.89. The molecule has 0 atom stereocenters. The van der Waals surface area contributed by atoms with Crippen molar-refractivity contribution < 1.29 is 28.3 Å². The summed E-state index contributed by atoms with van der Waals surface area (Å²) in [6, 6.07) is 4.31. The molecule has 0 amide bonds. The fraction of sp³-hybridized carbons (Fsp3) is 0.231. The van der Waals surface area contributed by atoms with Gasteiger partial charge in [-0.25, -0.2) is 9.18 Å². The van der Waals surface area contributed by atoms with E-state index in [1.807, 2.05) is 0 Å². The van der Waals surface area contributed by atoms with Gasteiger partial charge >= 0.3 is 5.97 Å². The predicted octanol–water partition coefficient (Wildman–Crippen LogP) is 2.53. The van der Waals surface area contributed by atoms with Crippen molar-refractivity contribution in [2.24, 2.45) is 0 Å². The lowest BCUT2D eigenvalue weighted by Gasteiger charge is -2.12. The largest absolute Gasteiger partial charge is 0.493 e. The number of alkyl halides is 1. The Hall–Kier alpha value is -2.57. The Morgan fingerprint density at radius 2 is 2.10 bits per heavy atom. The summed E-state index contributed by atoms with van der Waals surface area (Å²) in [4.78, 5) is 10.8. The topological polar surface area (TPSA) is 81.8 Å². The van der Waals surface area contributed by atoms with Gasteiger partial charge < -0.3 is 19.1 Å². The first-order valence-electron chi connectivity index (χ1n) is 5.62. The number of carboxylic acids is 1. The standard InChI is InChI=1S/C13H12FNO5/c1-18-11-4-7(3-8(6-14)12(11)19-2)10-5-9(13(16)17)15-20-10/h3-5H,6H2,1-2H3,(H,16,17). The van der Waals surface area contributed by atoms with E-state index in [9.17, 15) is 9.18 Å². The van der Waals surface area contributed by atoms with Crippen LogP contribution in [0.3, 0.4) is 0 Å². The van der Waals surface area contributed by atoms with Crippen LogP contribution in [0.1, 0.15) is 16.1 Å². The zero-order valence-corrected chi connectivity index (χ0v) is 10.8. The number of aromatic nitrogens is 1. The molecule has 0 aliphatic heterocycles. The number of ether oxygens (including phenoxy) is 2. The molecule has 7 heteroatoms. The molecule has 0 spiro atoms. The fourth-order valence-electron chi connectivity index (χ4n) is 1.80. The molecule has 0 aliphatic rings. The third-order valence-corrected chi connectivity index (χ3v) is 2.71. The van der Waals surface area contributed by atoms with Gasteiger partial charge in [-0.05, 0) is 12.1 Å². The second-order valence-electron chi connectivity index (χ2n) is 3.89. The highest BCUT2D eigenvalue weighted by atomic mass is 19.1. The maximum atomic E-state index is 13.0. The lowest BCUT2D eigenvalue weighted by Crippen LogP contribution is -1.96. The highest BCUT2D eigenvalue weighted by Gasteiger charge is 2.17. The number of carboxylic acid groups (broad SMARTS) is 1. The number of halogens is 1. The fourth-order valence-corrected chi connectivity index (χ4v) is 1.80. The average molecular weight is 281 g/mol. The van der Waals surface area contributed by atoms with Gasteiger partial charge in [0.25, 0.3) is 0 Å². The Morgan fingerprint density at radius 1 is 1.35 bits per heavy atom. The van der Waals surface area contributed by atoms with Crippen LogP contribution in [0.4, 0.5) is 4.39 Å². The van der Waals surface area contributed by atoms with E-state index >= 15 is 0 Å². The normalized spacial score (nSPS) is 10.3. The number of methoxy groups -OCH3 is 2. The number of aromatic carboxylic acids is 1. The zero-order chi connectivity index (χ0) is 14.7. The van der Waals surface area contributed by atoms with Crippen molar-refractivity contribution in [3.63, 3.8) is 0 Å². The van der Waals surface area contributed by atoms with Crippen molar-refractivity contribution in [1.82, 2.24) is 5.16 Å². The summed E-state index contributed by atoms with van der Waals surface area (Å²) >= 11 is 0. The minimum Gasteiger partial charge on any atom is -0.493 e. The second kappa shape index (κ2) is 5.60. The van der Waals surface area contributed by atoms with Crippen molar-refractivity contribution >= 4 is 5.97 Å². The van der Waals surface area contributed by atoms with Gasteiger partial charge in [-0.3, -0.25) is 0 Å². The van der Waals surface area contributed by atoms with Gasteiger partial charge in [-0.2, -0.15) is 0 Å². The number of rotatable bonds is 5. The molecule has 6 nitrogen and oxygen atoms in total. The van der Waals surface area contributed by atoms with Crippen molar-refractivity contribution in [3.8, 4) is 22.8 Å². The molecule has 0 radical (unpaired) electrons. The highest BCUT2D eigenvalue weighted by molar-refractivity contribution is 5.86. The highest BCUT2D eigenvalue weighted by Crippen LogP contribution is 2.37. The van der Waals surface area contributed by atoms with Gasteiger partial charge in [-0.1, -0.05) is 5.16 Å². The molecule has 1 heterocycles. The molecule has 20 heavy (non-hydrogen) atoms. The van der Waals surface area contributed by atoms with E-state index in [-0.39, 0.29) is 22.8 Å². The van der Waals surface area contributed by atoms with Gasteiger partial charge in [0.05, 0.1) is 14.2 Å². The quantitative estimate of drug-likeness (QED) is 0.906. The molecular formula is C13H12FNO5. The SMILES string of the molecule is COc1cc(-c2cc(C(=O)O)no2)cc(CF)c1OC. The van der Waals surface area contributed by atoms with Crippen molar-refractivity contribution in [3.05, 3.63) is 29.5 Å². The van der Waals surface area contributed by atoms with E-state index in [4.69, 9.17) is 19.1 Å². The van der Waals surface area contributed by atoms with Crippen LogP contribution >= 0.6 is 0 Å². The van der Waals surface area contributed by atoms with E-state index in [2.05, 4.69) is 5.16 Å². The summed E-state index contributed by atoms with van der Waals surface area (Å²) in [6.07, 6.45) is 0. The Balaban J connectivity index is 2.53. The molecule has 106 valence electrons. The molecule has 2 aromatic rings. The van der Waals surface area contributed by atoms with Crippen molar-refractivity contribution in [2.45, 2.75) is 6.67 Å². The van der Waals surface area contributed by atoms with Gasteiger partial charge in [0.2, 0.25) is 0 Å². The molecule has 2 rings (SSSR count). The first-order chi connectivity index (χ1) is 9.60. The van der Waals surface area contributed by atoms with Crippen LogP contribution in [0.15, 0.2) is 22.7 Å². The molecule has 0 fully saturated rings. The number of benzene rings is 1. The Morgan fingerprint density at radius 3 is 2.60 bits per heavy atom. The molecule has 0 bridgehead atoms. The molecule has 0 saturated heterocycles. The summed E-state index contributed by atoms with van der Waals surface area (Å²) in [5.41, 5.74) is 0.502. The molecule has 1 aromatic carbocycles. The van der Waals surface area contributed by atoms with Crippen LogP contribution in [0.2, 0.25) is 0 Å². The Kier molecular flexibility index (Phi) is 3.88. The third-order valence-electron chi connectivity index (χ3n) is 2.71. The summed E-state index contributed by atoms with van der Waals surface area (Å²) < 4.78 is 28.2. The Bertz CT molecular complexity index is 612. The summed E-state index contributed by atoms with van der Waals surface area (Å²) in [5, 5.41) is 12.2. The van der Waals surface area contributed by atoms with E-state index in [1.54, 1.807) is 6.07 Å². The zero-order valence-electron chi connectivity index (χ0n) is 10.8. The van der Waals surface area contributed by atoms with Crippen LogP contribution in [0, 0.1) is 0 Å². The molecular weight excluding hydrogens is 269 g/mol. The molecule has 0 saturated carbocycles. The summed E-state index contributed by atoms with van der Waals surface area (Å²) in [5.74, 6) is -0.383. The lowest BCUT2D eigenvalue weighted by molar-refractivity contribution is 0.0686. The van der Waals surface area contributed by atoms with E-state index in [0.29, 0.717) is 11.3 Å². The average Bonchev–Trinajstić information content (AvgIpc) is 2.95. The maximum Gasteiger partial charge on any atom is 0.358 e. The Labute approximate surface area is 113 Å². The van der Waals surface area contributed by atoms with Crippen molar-refractivity contribution in [2.75, 3.05) is 14.2 Å². The maximum absolute atomic E-state index is 13.0. The van der Waals surface area contributed by atoms with Crippen LogP contribution in [0.5, 0.6) is 11.5 Å². The van der Waals surface area contributed by atoms with E-state index in [1.165, 1.54) is 26.4 Å². The van der Waals surface area contributed by atoms with Gasteiger partial charge in [0.15, 0.2) is 23.0 Å². The van der Waals surface area contributed by atoms with Crippen LogP contribution in [-0.4, -0.2) is 30.5 Å². The smallest absolute Gasteiger partial charge is 0.358 e. The number of hydrogen-bond donors (Lipinski definition) is 1. The minimum atomic E-state index is -1.20. The molecule has 0 unspecified atom stereocenters.